The third-order valence-electron chi connectivity index (χ3n) is 5.54. The average Bonchev–Trinajstić information content (AvgIpc) is 2.94. The number of nitrogens with one attached hydrogen (secondary N) is 3. The van der Waals surface area contributed by atoms with Gasteiger partial charge in [-0.1, -0.05) is 24.3 Å². The zero-order valence-corrected chi connectivity index (χ0v) is 21.1. The molecule has 2 amide bonds. The zero-order chi connectivity index (χ0) is 27.2. The molecular formula is C27H31N7O4. The van der Waals surface area contributed by atoms with Crippen LogP contribution in [-0.4, -0.2) is 53.7 Å². The summed E-state index contributed by atoms with van der Waals surface area (Å²) in [5, 5.41) is 9.80. The predicted molar refractivity (Wildman–Crippen MR) is 145 cm³/mol. The normalized spacial score (nSPS) is 11.5. The van der Waals surface area contributed by atoms with Gasteiger partial charge >= 0.3 is 5.97 Å². The van der Waals surface area contributed by atoms with Gasteiger partial charge in [-0.15, -0.1) is 0 Å². The maximum Gasteiger partial charge on any atom is 0.307 e. The third-order valence-corrected chi connectivity index (χ3v) is 5.54. The first-order valence-corrected chi connectivity index (χ1v) is 12.1. The number of rotatable bonds is 13. The third kappa shape index (κ3) is 9.01. The van der Waals surface area contributed by atoms with E-state index in [1.54, 1.807) is 48.8 Å². The van der Waals surface area contributed by atoms with E-state index in [0.717, 1.165) is 5.56 Å². The van der Waals surface area contributed by atoms with E-state index >= 15 is 0 Å². The summed E-state index contributed by atoms with van der Waals surface area (Å²) in [5.74, 6) is -0.577. The molecule has 0 radical (unpaired) electrons. The molecule has 0 saturated heterocycles. The molecule has 2 heterocycles. The minimum atomic E-state index is -0.430. The summed E-state index contributed by atoms with van der Waals surface area (Å²) >= 11 is 0. The van der Waals surface area contributed by atoms with Crippen LogP contribution in [0.5, 0.6) is 0 Å². The van der Waals surface area contributed by atoms with Crippen molar-refractivity contribution < 1.29 is 19.1 Å². The molecule has 0 bridgehead atoms. The Bertz CT molecular complexity index is 1230. The molecule has 0 aliphatic rings. The first-order valence-electron chi connectivity index (χ1n) is 12.1. The average molecular weight is 518 g/mol. The number of nitrogen functional groups attached to an aromatic ring is 1. The van der Waals surface area contributed by atoms with Gasteiger partial charge in [0, 0.05) is 36.2 Å². The smallest absolute Gasteiger partial charge is 0.307 e. The maximum atomic E-state index is 12.8. The van der Waals surface area contributed by atoms with Crippen LogP contribution in [0.2, 0.25) is 0 Å². The first kappa shape index (κ1) is 27.8. The molecule has 1 unspecified atom stereocenters. The van der Waals surface area contributed by atoms with Crippen LogP contribution in [0.4, 0.5) is 11.5 Å². The standard InChI is InChI=1S/C27H31N7O4/c1-38-25(35)16-21(9-4-6-15-30-27(37)23-11-5-7-14-29-23)33-26(36)20-12-13-24(31-17-20)34-32-18-19-8-2-3-10-22(19)28/h2-3,5,7-8,10-14,17-18,21H,4,6,9,15-16,28H2,1H3,(H,30,37)(H,31,34)(H,33,36). The highest BCUT2D eigenvalue weighted by Gasteiger charge is 2.18. The number of nitrogens with two attached hydrogens (primary N) is 1. The summed E-state index contributed by atoms with van der Waals surface area (Å²) in [5.41, 5.74) is 10.7. The summed E-state index contributed by atoms with van der Waals surface area (Å²) in [6.07, 6.45) is 6.48. The molecule has 3 aromatic rings. The number of esters is 1. The molecule has 11 nitrogen and oxygen atoms in total. The Morgan fingerprint density at radius 1 is 1.03 bits per heavy atom. The van der Waals surface area contributed by atoms with Gasteiger partial charge in [0.25, 0.3) is 11.8 Å². The van der Waals surface area contributed by atoms with E-state index in [4.69, 9.17) is 10.5 Å². The van der Waals surface area contributed by atoms with Crippen molar-refractivity contribution in [1.29, 1.82) is 0 Å². The zero-order valence-electron chi connectivity index (χ0n) is 21.1. The summed E-state index contributed by atoms with van der Waals surface area (Å²) in [7, 11) is 1.30. The Labute approximate surface area is 220 Å². The van der Waals surface area contributed by atoms with Crippen molar-refractivity contribution in [1.82, 2.24) is 20.6 Å². The number of para-hydroxylation sites is 1. The topological polar surface area (TPSA) is 161 Å². The lowest BCUT2D eigenvalue weighted by Gasteiger charge is -2.18. The van der Waals surface area contributed by atoms with Crippen molar-refractivity contribution in [2.75, 3.05) is 24.8 Å². The van der Waals surface area contributed by atoms with Crippen LogP contribution in [0.25, 0.3) is 0 Å². The van der Waals surface area contributed by atoms with Crippen LogP contribution in [-0.2, 0) is 9.53 Å². The second kappa shape index (κ2) is 14.7. The van der Waals surface area contributed by atoms with E-state index in [1.807, 2.05) is 18.2 Å². The quantitative estimate of drug-likeness (QED) is 0.0885. The van der Waals surface area contributed by atoms with E-state index in [-0.39, 0.29) is 18.2 Å². The van der Waals surface area contributed by atoms with Gasteiger partial charge in [-0.25, -0.2) is 4.98 Å². The summed E-state index contributed by atoms with van der Waals surface area (Å²) in [6.45, 7) is 0.450. The predicted octanol–water partition coefficient (Wildman–Crippen LogP) is 2.77. The number of aromatic nitrogens is 2. The van der Waals surface area contributed by atoms with Gasteiger partial charge in [-0.2, -0.15) is 5.10 Å². The lowest BCUT2D eigenvalue weighted by atomic mass is 10.1. The molecule has 2 aromatic heterocycles. The Morgan fingerprint density at radius 3 is 2.55 bits per heavy atom. The highest BCUT2D eigenvalue weighted by molar-refractivity contribution is 5.94. The molecular weight excluding hydrogens is 486 g/mol. The number of hydrogen-bond acceptors (Lipinski definition) is 9. The molecule has 0 saturated carbocycles. The van der Waals surface area contributed by atoms with Crippen molar-refractivity contribution in [3.05, 3.63) is 83.8 Å². The number of unbranched alkanes of at least 4 members (excludes halogenated alkanes) is 1. The molecule has 38 heavy (non-hydrogen) atoms. The van der Waals surface area contributed by atoms with Crippen molar-refractivity contribution in [3.8, 4) is 0 Å². The van der Waals surface area contributed by atoms with E-state index in [1.165, 1.54) is 13.3 Å². The Hall–Kier alpha value is -4.80. The molecule has 0 aliphatic heterocycles. The molecule has 5 N–H and O–H groups in total. The first-order chi connectivity index (χ1) is 18.5. The van der Waals surface area contributed by atoms with E-state index in [0.29, 0.717) is 48.6 Å². The fraction of sp³-hybridized carbons (Fsp3) is 0.259. The summed E-state index contributed by atoms with van der Waals surface area (Å²) in [4.78, 5) is 44.9. The Balaban J connectivity index is 1.47. The number of carbonyl (C=O) groups excluding carboxylic acids is 3. The number of anilines is 2. The fourth-order valence-electron chi connectivity index (χ4n) is 3.47. The molecule has 11 heteroatoms. The summed E-state index contributed by atoms with van der Waals surface area (Å²) < 4.78 is 4.77. The van der Waals surface area contributed by atoms with Gasteiger partial charge in [0.05, 0.1) is 25.3 Å². The molecule has 0 spiro atoms. The molecule has 1 atom stereocenters. The number of hydrazone groups is 1. The van der Waals surface area contributed by atoms with E-state index in [2.05, 4.69) is 31.1 Å². The SMILES string of the molecule is COC(=O)CC(CCCCNC(=O)c1ccccn1)NC(=O)c1ccc(NN=Cc2ccccc2N)nc1. The number of hydrogen-bond donors (Lipinski definition) is 4. The fourth-order valence-corrected chi connectivity index (χ4v) is 3.47. The minimum Gasteiger partial charge on any atom is -0.469 e. The van der Waals surface area contributed by atoms with Crippen LogP contribution in [0.15, 0.2) is 72.1 Å². The molecule has 1 aromatic carbocycles. The highest BCUT2D eigenvalue weighted by atomic mass is 16.5. The van der Waals surface area contributed by atoms with Crippen LogP contribution in [0, 0.1) is 0 Å². The van der Waals surface area contributed by atoms with E-state index in [9.17, 15) is 14.4 Å². The second-order valence-electron chi connectivity index (χ2n) is 8.35. The highest BCUT2D eigenvalue weighted by Crippen LogP contribution is 2.11. The number of nitrogens with zero attached hydrogens (tertiary/aromatic N) is 3. The lowest BCUT2D eigenvalue weighted by Crippen LogP contribution is -2.37. The minimum absolute atomic E-state index is 0.0347. The number of benzene rings is 1. The van der Waals surface area contributed by atoms with Crippen LogP contribution in [0.3, 0.4) is 0 Å². The molecule has 3 rings (SSSR count). The monoisotopic (exact) mass is 517 g/mol. The van der Waals surface area contributed by atoms with Crippen molar-refractivity contribution in [2.24, 2.45) is 5.10 Å². The Morgan fingerprint density at radius 2 is 1.84 bits per heavy atom. The van der Waals surface area contributed by atoms with Gasteiger partial charge in [-0.3, -0.25) is 24.8 Å². The summed E-state index contributed by atoms with van der Waals surface area (Å²) in [6, 6.07) is 15.3. The number of ether oxygens (including phenoxy) is 1. The van der Waals surface area contributed by atoms with Gasteiger partial charge < -0.3 is 21.1 Å². The van der Waals surface area contributed by atoms with E-state index < -0.39 is 12.0 Å². The van der Waals surface area contributed by atoms with Crippen molar-refractivity contribution >= 4 is 35.5 Å². The van der Waals surface area contributed by atoms with Crippen LogP contribution < -0.4 is 21.8 Å². The number of methoxy groups -OCH3 is 1. The maximum absolute atomic E-state index is 12.8. The molecule has 0 fully saturated rings. The van der Waals surface area contributed by atoms with Gasteiger partial charge in [0.15, 0.2) is 0 Å². The van der Waals surface area contributed by atoms with Crippen LogP contribution in [0.1, 0.15) is 52.1 Å². The largest absolute Gasteiger partial charge is 0.469 e. The molecule has 198 valence electrons. The number of amides is 2. The number of carbonyl (C=O) groups is 3. The second-order valence-corrected chi connectivity index (χ2v) is 8.35. The van der Waals surface area contributed by atoms with Crippen molar-refractivity contribution in [3.63, 3.8) is 0 Å². The van der Waals surface area contributed by atoms with Gasteiger partial charge in [0.1, 0.15) is 11.5 Å². The van der Waals surface area contributed by atoms with Gasteiger partial charge in [-0.05, 0) is 49.6 Å². The van der Waals surface area contributed by atoms with Crippen molar-refractivity contribution in [2.45, 2.75) is 31.7 Å². The lowest BCUT2D eigenvalue weighted by molar-refractivity contribution is -0.141. The Kier molecular flexibility index (Phi) is 10.7. The van der Waals surface area contributed by atoms with Gasteiger partial charge in [0.2, 0.25) is 0 Å². The number of pyridine rings is 2. The van der Waals surface area contributed by atoms with Crippen LogP contribution >= 0.6 is 0 Å². The molecule has 0 aliphatic carbocycles.